The summed E-state index contributed by atoms with van der Waals surface area (Å²) >= 11 is 0. The van der Waals surface area contributed by atoms with Crippen LogP contribution < -0.4 is 15.5 Å². The number of fused-ring (bicyclic) bond motifs is 1. The monoisotopic (exact) mass is 329 g/mol. The van der Waals surface area contributed by atoms with Crippen molar-refractivity contribution in [2.75, 3.05) is 16.8 Å². The molecule has 1 aliphatic carbocycles. The van der Waals surface area contributed by atoms with E-state index >= 15 is 0 Å². The summed E-state index contributed by atoms with van der Waals surface area (Å²) in [4.78, 5) is 37.9. The zero-order valence-electron chi connectivity index (χ0n) is 14.1. The van der Waals surface area contributed by atoms with Crippen molar-refractivity contribution in [3.63, 3.8) is 0 Å². The molecule has 1 aromatic carbocycles. The van der Waals surface area contributed by atoms with Gasteiger partial charge in [-0.05, 0) is 43.4 Å². The summed E-state index contributed by atoms with van der Waals surface area (Å²) in [6.45, 7) is 4.44. The highest BCUT2D eigenvalue weighted by atomic mass is 16.2. The van der Waals surface area contributed by atoms with Crippen LogP contribution in [0.1, 0.15) is 38.7 Å². The van der Waals surface area contributed by atoms with E-state index in [1.54, 1.807) is 17.0 Å². The number of nitrogens with one attached hydrogen (secondary N) is 2. The third-order valence-corrected chi connectivity index (χ3v) is 4.34. The molecule has 0 saturated heterocycles. The average Bonchev–Trinajstić information content (AvgIpc) is 3.37. The normalized spacial score (nSPS) is 16.5. The van der Waals surface area contributed by atoms with Gasteiger partial charge in [-0.1, -0.05) is 19.9 Å². The lowest BCUT2D eigenvalue weighted by Gasteiger charge is -2.31. The minimum Gasteiger partial charge on any atom is -0.345 e. The first kappa shape index (κ1) is 16.5. The van der Waals surface area contributed by atoms with Gasteiger partial charge in [0, 0.05) is 29.9 Å². The summed E-state index contributed by atoms with van der Waals surface area (Å²) in [7, 11) is 0. The van der Waals surface area contributed by atoms with Gasteiger partial charge < -0.3 is 15.5 Å². The smallest absolute Gasteiger partial charge is 0.313 e. The van der Waals surface area contributed by atoms with Crippen LogP contribution in [-0.2, 0) is 20.8 Å². The molecule has 0 spiro atoms. The largest absolute Gasteiger partial charge is 0.345 e. The molecule has 6 heteroatoms. The molecule has 1 heterocycles. The Balaban J connectivity index is 1.76. The van der Waals surface area contributed by atoms with E-state index in [1.807, 2.05) is 19.9 Å². The molecular formula is C18H23N3O3. The maximum absolute atomic E-state index is 12.4. The molecule has 3 rings (SSSR count). The highest BCUT2D eigenvalue weighted by Gasteiger charge is 2.27. The Morgan fingerprint density at radius 3 is 2.58 bits per heavy atom. The molecule has 0 radical (unpaired) electrons. The van der Waals surface area contributed by atoms with Crippen LogP contribution in [0.25, 0.3) is 0 Å². The Labute approximate surface area is 141 Å². The minimum atomic E-state index is -0.667. The molecule has 1 fully saturated rings. The van der Waals surface area contributed by atoms with Crippen LogP contribution in [0, 0.1) is 5.92 Å². The molecule has 1 aliphatic heterocycles. The topological polar surface area (TPSA) is 78.5 Å². The van der Waals surface area contributed by atoms with Gasteiger partial charge in [0.15, 0.2) is 0 Å². The number of amides is 3. The Morgan fingerprint density at radius 1 is 1.17 bits per heavy atom. The van der Waals surface area contributed by atoms with Gasteiger partial charge in [0.25, 0.3) is 0 Å². The molecule has 0 aromatic heterocycles. The summed E-state index contributed by atoms with van der Waals surface area (Å²) in [5.74, 6) is -1.28. The van der Waals surface area contributed by atoms with Gasteiger partial charge in [0.2, 0.25) is 5.91 Å². The number of carbonyl (C=O) groups excluding carboxylic acids is 3. The van der Waals surface area contributed by atoms with Crippen molar-refractivity contribution < 1.29 is 14.4 Å². The lowest BCUT2D eigenvalue weighted by molar-refractivity contribution is -0.136. The van der Waals surface area contributed by atoms with Crippen LogP contribution in [-0.4, -0.2) is 30.3 Å². The van der Waals surface area contributed by atoms with E-state index in [2.05, 4.69) is 10.6 Å². The Kier molecular flexibility index (Phi) is 4.55. The number of nitrogens with zero attached hydrogens (tertiary/aromatic N) is 1. The van der Waals surface area contributed by atoms with E-state index in [0.29, 0.717) is 12.2 Å². The predicted octanol–water partition coefficient (Wildman–Crippen LogP) is 1.84. The van der Waals surface area contributed by atoms with Crippen molar-refractivity contribution in [1.29, 1.82) is 0 Å². The van der Waals surface area contributed by atoms with Gasteiger partial charge in [-0.2, -0.15) is 0 Å². The van der Waals surface area contributed by atoms with Crippen molar-refractivity contribution in [3.8, 4) is 0 Å². The van der Waals surface area contributed by atoms with Crippen molar-refractivity contribution in [3.05, 3.63) is 23.8 Å². The lowest BCUT2D eigenvalue weighted by Crippen LogP contribution is -2.38. The van der Waals surface area contributed by atoms with Crippen LogP contribution in [0.4, 0.5) is 11.4 Å². The zero-order valence-corrected chi connectivity index (χ0v) is 14.1. The minimum absolute atomic E-state index is 0.0749. The van der Waals surface area contributed by atoms with Crippen LogP contribution in [0.3, 0.4) is 0 Å². The fourth-order valence-corrected chi connectivity index (χ4v) is 2.86. The highest BCUT2D eigenvalue weighted by Crippen LogP contribution is 2.31. The molecule has 1 saturated carbocycles. The fraction of sp³-hybridized carbons (Fsp3) is 0.500. The molecule has 6 nitrogen and oxygen atoms in total. The number of rotatable bonds is 3. The second-order valence-electron chi connectivity index (χ2n) is 6.79. The maximum Gasteiger partial charge on any atom is 0.313 e. The Morgan fingerprint density at radius 2 is 1.92 bits per heavy atom. The van der Waals surface area contributed by atoms with E-state index in [9.17, 15) is 14.4 Å². The van der Waals surface area contributed by atoms with Crippen molar-refractivity contribution in [2.24, 2.45) is 5.92 Å². The van der Waals surface area contributed by atoms with E-state index < -0.39 is 11.8 Å². The van der Waals surface area contributed by atoms with Crippen molar-refractivity contribution in [1.82, 2.24) is 5.32 Å². The molecule has 3 amide bonds. The number of anilines is 2. The van der Waals surface area contributed by atoms with Crippen LogP contribution in [0.5, 0.6) is 0 Å². The highest BCUT2D eigenvalue weighted by molar-refractivity contribution is 6.39. The number of aryl methyl sites for hydroxylation is 1. The number of hydrogen-bond acceptors (Lipinski definition) is 3. The second kappa shape index (κ2) is 6.63. The van der Waals surface area contributed by atoms with Crippen molar-refractivity contribution >= 4 is 29.1 Å². The maximum atomic E-state index is 12.4. The van der Waals surface area contributed by atoms with Crippen LogP contribution in [0.2, 0.25) is 0 Å². The molecule has 24 heavy (non-hydrogen) atoms. The van der Waals surface area contributed by atoms with Crippen LogP contribution in [0.15, 0.2) is 18.2 Å². The first-order chi connectivity index (χ1) is 11.5. The summed E-state index contributed by atoms with van der Waals surface area (Å²) in [6.07, 6.45) is 3.71. The Bertz CT molecular complexity index is 680. The third kappa shape index (κ3) is 3.58. The Hall–Kier alpha value is -2.37. The summed E-state index contributed by atoms with van der Waals surface area (Å²) < 4.78 is 0. The van der Waals surface area contributed by atoms with E-state index in [4.69, 9.17) is 0 Å². The molecule has 2 aliphatic rings. The molecule has 0 unspecified atom stereocenters. The fourth-order valence-electron chi connectivity index (χ4n) is 2.86. The molecule has 0 atom stereocenters. The SMILES string of the molecule is CC(C)C(=O)N1CCCc2ccc(NC(=O)C(=O)NC3CC3)cc21. The van der Waals surface area contributed by atoms with Gasteiger partial charge in [-0.25, -0.2) is 0 Å². The number of carbonyl (C=O) groups is 3. The average molecular weight is 329 g/mol. The summed E-state index contributed by atoms with van der Waals surface area (Å²) in [6, 6.07) is 5.64. The quantitative estimate of drug-likeness (QED) is 0.831. The number of benzene rings is 1. The van der Waals surface area contributed by atoms with E-state index in [0.717, 1.165) is 36.9 Å². The summed E-state index contributed by atoms with van der Waals surface area (Å²) in [5, 5.41) is 5.29. The van der Waals surface area contributed by atoms with E-state index in [-0.39, 0.29) is 17.9 Å². The molecule has 2 N–H and O–H groups in total. The summed E-state index contributed by atoms with van der Waals surface area (Å²) in [5.41, 5.74) is 2.46. The second-order valence-corrected chi connectivity index (χ2v) is 6.79. The third-order valence-electron chi connectivity index (χ3n) is 4.34. The predicted molar refractivity (Wildman–Crippen MR) is 91.7 cm³/mol. The van der Waals surface area contributed by atoms with Crippen LogP contribution >= 0.6 is 0 Å². The first-order valence-electron chi connectivity index (χ1n) is 8.52. The standard InChI is InChI=1S/C18H23N3O3/c1-11(2)18(24)21-9-3-4-12-5-6-14(10-15(12)21)20-17(23)16(22)19-13-7-8-13/h5-6,10-11,13H,3-4,7-9H2,1-2H3,(H,19,22)(H,20,23). The van der Waals surface area contributed by atoms with Gasteiger partial charge in [-0.15, -0.1) is 0 Å². The first-order valence-corrected chi connectivity index (χ1v) is 8.52. The van der Waals surface area contributed by atoms with Crippen molar-refractivity contribution in [2.45, 2.75) is 45.6 Å². The van der Waals surface area contributed by atoms with Gasteiger partial charge in [-0.3, -0.25) is 14.4 Å². The zero-order chi connectivity index (χ0) is 17.3. The van der Waals surface area contributed by atoms with Gasteiger partial charge in [0.1, 0.15) is 0 Å². The van der Waals surface area contributed by atoms with E-state index in [1.165, 1.54) is 0 Å². The van der Waals surface area contributed by atoms with Gasteiger partial charge in [0.05, 0.1) is 0 Å². The molecule has 0 bridgehead atoms. The molecule has 128 valence electrons. The molecular weight excluding hydrogens is 306 g/mol. The van der Waals surface area contributed by atoms with Gasteiger partial charge >= 0.3 is 11.8 Å². The lowest BCUT2D eigenvalue weighted by atomic mass is 9.99. The molecule has 1 aromatic rings. The number of hydrogen-bond donors (Lipinski definition) is 2.